The SMILES string of the molecule is O=C(/C=C/c1cnn(-c2ccccc2)c1)N1CCN(C(=O)c2ccccc2)CC1. The molecule has 0 atom stereocenters. The summed E-state index contributed by atoms with van der Waals surface area (Å²) in [7, 11) is 0. The summed E-state index contributed by atoms with van der Waals surface area (Å²) in [6, 6.07) is 19.1. The summed E-state index contributed by atoms with van der Waals surface area (Å²) in [4.78, 5) is 28.6. The fraction of sp³-hybridized carbons (Fsp3) is 0.174. The van der Waals surface area contributed by atoms with Crippen LogP contribution in [0.25, 0.3) is 11.8 Å². The van der Waals surface area contributed by atoms with Crippen molar-refractivity contribution in [1.29, 1.82) is 0 Å². The summed E-state index contributed by atoms with van der Waals surface area (Å²) in [5.41, 5.74) is 2.51. The lowest BCUT2D eigenvalue weighted by Crippen LogP contribution is -2.50. The number of aromatic nitrogens is 2. The normalized spacial score (nSPS) is 14.3. The predicted molar refractivity (Wildman–Crippen MR) is 112 cm³/mol. The van der Waals surface area contributed by atoms with Crippen LogP contribution in [0.5, 0.6) is 0 Å². The Labute approximate surface area is 169 Å². The molecular formula is C23H22N4O2. The number of piperazine rings is 1. The summed E-state index contributed by atoms with van der Waals surface area (Å²) >= 11 is 0. The molecule has 6 nitrogen and oxygen atoms in total. The molecule has 4 rings (SSSR count). The molecule has 0 saturated carbocycles. The first-order valence-corrected chi connectivity index (χ1v) is 9.62. The van der Waals surface area contributed by atoms with Crippen LogP contribution in [0, 0.1) is 0 Å². The molecule has 2 heterocycles. The first-order chi connectivity index (χ1) is 14.2. The van der Waals surface area contributed by atoms with Gasteiger partial charge in [-0.15, -0.1) is 0 Å². The first kappa shape index (κ1) is 18.7. The third-order valence-electron chi connectivity index (χ3n) is 4.94. The Morgan fingerprint density at radius 2 is 1.45 bits per heavy atom. The number of hydrogen-bond acceptors (Lipinski definition) is 3. The second-order valence-corrected chi connectivity index (χ2v) is 6.87. The van der Waals surface area contributed by atoms with Gasteiger partial charge in [-0.1, -0.05) is 36.4 Å². The molecule has 0 radical (unpaired) electrons. The van der Waals surface area contributed by atoms with Crippen molar-refractivity contribution < 1.29 is 9.59 Å². The monoisotopic (exact) mass is 386 g/mol. The molecule has 0 spiro atoms. The van der Waals surface area contributed by atoms with E-state index in [9.17, 15) is 9.59 Å². The first-order valence-electron chi connectivity index (χ1n) is 9.62. The Kier molecular flexibility index (Phi) is 5.52. The van der Waals surface area contributed by atoms with Crippen LogP contribution in [0.15, 0.2) is 79.1 Å². The molecular weight excluding hydrogens is 364 g/mol. The highest BCUT2D eigenvalue weighted by Gasteiger charge is 2.23. The number of rotatable bonds is 4. The predicted octanol–water partition coefficient (Wildman–Crippen LogP) is 2.87. The van der Waals surface area contributed by atoms with Gasteiger partial charge in [-0.2, -0.15) is 5.10 Å². The maximum atomic E-state index is 12.5. The Balaban J connectivity index is 1.32. The third-order valence-corrected chi connectivity index (χ3v) is 4.94. The van der Waals surface area contributed by atoms with Gasteiger partial charge < -0.3 is 9.80 Å². The smallest absolute Gasteiger partial charge is 0.253 e. The lowest BCUT2D eigenvalue weighted by molar-refractivity contribution is -0.127. The van der Waals surface area contributed by atoms with Crippen LogP contribution in [-0.2, 0) is 4.79 Å². The average Bonchev–Trinajstić information content (AvgIpc) is 3.27. The van der Waals surface area contributed by atoms with Crippen LogP contribution in [0.1, 0.15) is 15.9 Å². The van der Waals surface area contributed by atoms with E-state index in [1.165, 1.54) is 0 Å². The van der Waals surface area contributed by atoms with Crippen molar-refractivity contribution in [1.82, 2.24) is 19.6 Å². The molecule has 0 unspecified atom stereocenters. The van der Waals surface area contributed by atoms with E-state index in [-0.39, 0.29) is 11.8 Å². The zero-order valence-corrected chi connectivity index (χ0v) is 16.0. The van der Waals surface area contributed by atoms with E-state index in [2.05, 4.69) is 5.10 Å². The van der Waals surface area contributed by atoms with E-state index in [0.717, 1.165) is 11.3 Å². The van der Waals surface area contributed by atoms with Crippen LogP contribution < -0.4 is 0 Å². The second-order valence-electron chi connectivity index (χ2n) is 6.87. The van der Waals surface area contributed by atoms with Crippen molar-refractivity contribution in [3.8, 4) is 5.69 Å². The van der Waals surface area contributed by atoms with Gasteiger partial charge in [-0.05, 0) is 30.3 Å². The Bertz CT molecular complexity index is 1000. The maximum absolute atomic E-state index is 12.5. The summed E-state index contributed by atoms with van der Waals surface area (Å²) in [6.07, 6.45) is 6.96. The number of nitrogens with zero attached hydrogens (tertiary/aromatic N) is 4. The molecule has 1 saturated heterocycles. The second kappa shape index (κ2) is 8.56. The molecule has 1 aromatic heterocycles. The van der Waals surface area contributed by atoms with Gasteiger partial charge in [0.1, 0.15) is 0 Å². The van der Waals surface area contributed by atoms with Gasteiger partial charge in [0.05, 0.1) is 11.9 Å². The average molecular weight is 386 g/mol. The van der Waals surface area contributed by atoms with E-state index in [1.807, 2.05) is 66.9 Å². The third kappa shape index (κ3) is 4.43. The number of hydrogen-bond donors (Lipinski definition) is 0. The summed E-state index contributed by atoms with van der Waals surface area (Å²) in [5, 5.41) is 4.33. The van der Waals surface area contributed by atoms with E-state index in [1.54, 1.807) is 32.8 Å². The quantitative estimate of drug-likeness (QED) is 0.648. The summed E-state index contributed by atoms with van der Waals surface area (Å²) < 4.78 is 1.78. The topological polar surface area (TPSA) is 58.4 Å². The van der Waals surface area contributed by atoms with Crippen molar-refractivity contribution in [2.75, 3.05) is 26.2 Å². The zero-order valence-electron chi connectivity index (χ0n) is 16.0. The van der Waals surface area contributed by atoms with Crippen LogP contribution in [-0.4, -0.2) is 57.6 Å². The molecule has 2 amide bonds. The Hall–Kier alpha value is -3.67. The zero-order chi connectivity index (χ0) is 20.1. The van der Waals surface area contributed by atoms with Gasteiger partial charge in [0.25, 0.3) is 5.91 Å². The molecule has 1 fully saturated rings. The van der Waals surface area contributed by atoms with Crippen molar-refractivity contribution in [3.63, 3.8) is 0 Å². The van der Waals surface area contributed by atoms with Crippen molar-refractivity contribution >= 4 is 17.9 Å². The van der Waals surface area contributed by atoms with Gasteiger partial charge >= 0.3 is 0 Å². The Morgan fingerprint density at radius 3 is 2.14 bits per heavy atom. The molecule has 0 N–H and O–H groups in total. The van der Waals surface area contributed by atoms with E-state index >= 15 is 0 Å². The molecule has 3 aromatic rings. The largest absolute Gasteiger partial charge is 0.336 e. The Morgan fingerprint density at radius 1 is 0.828 bits per heavy atom. The van der Waals surface area contributed by atoms with E-state index in [0.29, 0.717) is 31.7 Å². The molecule has 1 aliphatic heterocycles. The molecule has 2 aromatic carbocycles. The highest BCUT2D eigenvalue weighted by molar-refractivity contribution is 5.95. The van der Waals surface area contributed by atoms with Crippen molar-refractivity contribution in [2.45, 2.75) is 0 Å². The van der Waals surface area contributed by atoms with Crippen LogP contribution in [0.3, 0.4) is 0 Å². The molecule has 1 aliphatic rings. The molecule has 29 heavy (non-hydrogen) atoms. The van der Waals surface area contributed by atoms with E-state index < -0.39 is 0 Å². The number of carbonyl (C=O) groups is 2. The minimum absolute atomic E-state index is 0.0153. The van der Waals surface area contributed by atoms with Gasteiger partial charge in [0.2, 0.25) is 5.91 Å². The molecule has 6 heteroatoms. The summed E-state index contributed by atoms with van der Waals surface area (Å²) in [6.45, 7) is 2.15. The van der Waals surface area contributed by atoms with Crippen LogP contribution >= 0.6 is 0 Å². The van der Waals surface area contributed by atoms with E-state index in [4.69, 9.17) is 0 Å². The molecule has 0 aliphatic carbocycles. The molecule has 146 valence electrons. The van der Waals surface area contributed by atoms with Crippen LogP contribution in [0.4, 0.5) is 0 Å². The number of benzene rings is 2. The van der Waals surface area contributed by atoms with Crippen molar-refractivity contribution in [2.24, 2.45) is 0 Å². The maximum Gasteiger partial charge on any atom is 0.253 e. The number of para-hydroxylation sites is 1. The lowest BCUT2D eigenvalue weighted by Gasteiger charge is -2.34. The van der Waals surface area contributed by atoms with Crippen molar-refractivity contribution in [3.05, 3.63) is 90.3 Å². The van der Waals surface area contributed by atoms with Gasteiger partial charge in [-0.3, -0.25) is 9.59 Å². The highest BCUT2D eigenvalue weighted by Crippen LogP contribution is 2.11. The minimum atomic E-state index is -0.0516. The van der Waals surface area contributed by atoms with Gasteiger partial charge in [0.15, 0.2) is 0 Å². The fourth-order valence-corrected chi connectivity index (χ4v) is 3.31. The highest BCUT2D eigenvalue weighted by atomic mass is 16.2. The standard InChI is InChI=1S/C23H22N4O2/c28-22(12-11-19-17-24-27(18-19)21-9-5-2-6-10-21)25-13-15-26(16-14-25)23(29)20-7-3-1-4-8-20/h1-12,17-18H,13-16H2/b12-11+. The van der Waals surface area contributed by atoms with Gasteiger partial charge in [-0.25, -0.2) is 4.68 Å². The summed E-state index contributed by atoms with van der Waals surface area (Å²) in [5.74, 6) is -0.0363. The van der Waals surface area contributed by atoms with Gasteiger partial charge in [0, 0.05) is 49.6 Å². The lowest BCUT2D eigenvalue weighted by atomic mass is 10.2. The number of amides is 2. The fourth-order valence-electron chi connectivity index (χ4n) is 3.31. The minimum Gasteiger partial charge on any atom is -0.336 e. The molecule has 0 bridgehead atoms. The number of carbonyl (C=O) groups excluding carboxylic acids is 2. The van der Waals surface area contributed by atoms with Crippen LogP contribution in [0.2, 0.25) is 0 Å².